The fourth-order valence-electron chi connectivity index (χ4n) is 2.70. The summed E-state index contributed by atoms with van der Waals surface area (Å²) in [5.41, 5.74) is 1.55. The zero-order chi connectivity index (χ0) is 19.5. The highest BCUT2D eigenvalue weighted by atomic mass is 32.2. The molecular weight excluding hydrogens is 392 g/mol. The summed E-state index contributed by atoms with van der Waals surface area (Å²) in [6, 6.07) is 9.55. The monoisotopic (exact) mass is 408 g/mol. The van der Waals surface area contributed by atoms with Gasteiger partial charge in [-0.3, -0.25) is 9.69 Å². The second kappa shape index (κ2) is 7.95. The summed E-state index contributed by atoms with van der Waals surface area (Å²) in [4.78, 5) is 28.3. The van der Waals surface area contributed by atoms with E-state index in [9.17, 15) is 4.79 Å². The van der Waals surface area contributed by atoms with Gasteiger partial charge in [0.05, 0.1) is 23.2 Å². The van der Waals surface area contributed by atoms with Crippen LogP contribution in [0, 0.1) is 0 Å². The molecule has 1 saturated heterocycles. The average Bonchev–Trinajstić information content (AvgIpc) is 3.32. The largest absolute Gasteiger partial charge is 0.497 e. The Morgan fingerprint density at radius 2 is 2.21 bits per heavy atom. The molecule has 0 aliphatic carbocycles. The first-order valence-electron chi connectivity index (χ1n) is 8.43. The van der Waals surface area contributed by atoms with Gasteiger partial charge in [-0.05, 0) is 42.1 Å². The first-order valence-corrected chi connectivity index (χ1v) is 10.1. The van der Waals surface area contributed by atoms with Crippen molar-refractivity contribution in [1.29, 1.82) is 0 Å². The van der Waals surface area contributed by atoms with Crippen molar-refractivity contribution in [3.05, 3.63) is 65.2 Å². The third-order valence-corrected chi connectivity index (χ3v) is 5.68. The molecule has 0 bridgehead atoms. The molecule has 1 aliphatic heterocycles. The van der Waals surface area contributed by atoms with Crippen LogP contribution in [0.3, 0.4) is 0 Å². The number of rotatable bonds is 5. The minimum absolute atomic E-state index is 0.114. The Hall–Kier alpha value is -2.97. The fourth-order valence-corrected chi connectivity index (χ4v) is 4.23. The minimum Gasteiger partial charge on any atom is -0.497 e. The van der Waals surface area contributed by atoms with Gasteiger partial charge in [0.1, 0.15) is 5.75 Å². The maximum atomic E-state index is 12.8. The van der Waals surface area contributed by atoms with Crippen LogP contribution in [0.1, 0.15) is 5.69 Å². The van der Waals surface area contributed by atoms with Crippen molar-refractivity contribution in [1.82, 2.24) is 14.9 Å². The molecule has 0 unspecified atom stereocenters. The van der Waals surface area contributed by atoms with Gasteiger partial charge in [0.2, 0.25) is 5.13 Å². The SMILES string of the molecule is C=CCN1C(=O)C(=Cc2ccc3cc(OC)ccc3n2)SC1=Nc1nccs1. The van der Waals surface area contributed by atoms with Gasteiger partial charge in [-0.2, -0.15) is 4.99 Å². The van der Waals surface area contributed by atoms with Crippen LogP contribution >= 0.6 is 23.1 Å². The molecule has 3 heterocycles. The maximum Gasteiger partial charge on any atom is 0.267 e. The van der Waals surface area contributed by atoms with Crippen LogP contribution in [0.25, 0.3) is 17.0 Å². The van der Waals surface area contributed by atoms with Crippen LogP contribution < -0.4 is 4.74 Å². The van der Waals surface area contributed by atoms with E-state index < -0.39 is 0 Å². The van der Waals surface area contributed by atoms with Crippen molar-refractivity contribution >= 4 is 56.3 Å². The van der Waals surface area contributed by atoms with Crippen LogP contribution in [0.15, 0.2) is 64.5 Å². The molecule has 1 aromatic carbocycles. The smallest absolute Gasteiger partial charge is 0.267 e. The number of hydrogen-bond donors (Lipinski definition) is 0. The van der Waals surface area contributed by atoms with Gasteiger partial charge in [0.25, 0.3) is 5.91 Å². The van der Waals surface area contributed by atoms with Crippen LogP contribution in [-0.2, 0) is 4.79 Å². The van der Waals surface area contributed by atoms with E-state index in [-0.39, 0.29) is 5.91 Å². The molecule has 0 atom stereocenters. The molecule has 28 heavy (non-hydrogen) atoms. The average molecular weight is 409 g/mol. The zero-order valence-electron chi connectivity index (χ0n) is 15.0. The molecule has 6 nitrogen and oxygen atoms in total. The molecule has 1 amide bonds. The highest BCUT2D eigenvalue weighted by Crippen LogP contribution is 2.34. The number of amides is 1. The Morgan fingerprint density at radius 1 is 1.32 bits per heavy atom. The second-order valence-corrected chi connectivity index (χ2v) is 7.70. The minimum atomic E-state index is -0.114. The van der Waals surface area contributed by atoms with E-state index in [1.165, 1.54) is 23.1 Å². The Bertz CT molecular complexity index is 1110. The zero-order valence-corrected chi connectivity index (χ0v) is 16.7. The number of fused-ring (bicyclic) bond motifs is 1. The number of aromatic nitrogens is 2. The molecule has 4 rings (SSSR count). The van der Waals surface area contributed by atoms with Crippen LogP contribution in [-0.4, -0.2) is 39.6 Å². The van der Waals surface area contributed by atoms with Crippen LogP contribution in [0.5, 0.6) is 5.75 Å². The number of nitrogens with zero attached hydrogens (tertiary/aromatic N) is 4. The second-order valence-electron chi connectivity index (χ2n) is 5.82. The van der Waals surface area contributed by atoms with E-state index in [0.29, 0.717) is 27.4 Å². The lowest BCUT2D eigenvalue weighted by atomic mass is 10.2. The summed E-state index contributed by atoms with van der Waals surface area (Å²) in [5.74, 6) is 0.668. The van der Waals surface area contributed by atoms with Gasteiger partial charge < -0.3 is 4.74 Å². The lowest BCUT2D eigenvalue weighted by Crippen LogP contribution is -2.29. The molecule has 2 aromatic heterocycles. The van der Waals surface area contributed by atoms with Crippen molar-refractivity contribution in [2.24, 2.45) is 4.99 Å². The van der Waals surface area contributed by atoms with Crippen molar-refractivity contribution in [3.63, 3.8) is 0 Å². The first-order chi connectivity index (χ1) is 13.7. The maximum absolute atomic E-state index is 12.8. The Morgan fingerprint density at radius 3 is 2.96 bits per heavy atom. The lowest BCUT2D eigenvalue weighted by molar-refractivity contribution is -0.121. The number of thiazole rings is 1. The Labute approximate surface area is 170 Å². The summed E-state index contributed by atoms with van der Waals surface area (Å²) in [5, 5.41) is 4.04. The molecule has 140 valence electrons. The number of aliphatic imine (C=N–C) groups is 1. The first kappa shape index (κ1) is 18.4. The van der Waals surface area contributed by atoms with Gasteiger partial charge in [0.15, 0.2) is 5.17 Å². The molecular formula is C20H16N4O2S2. The molecule has 3 aromatic rings. The predicted octanol–water partition coefficient (Wildman–Crippen LogP) is 4.49. The highest BCUT2D eigenvalue weighted by molar-refractivity contribution is 8.18. The molecule has 1 fully saturated rings. The third-order valence-electron chi connectivity index (χ3n) is 4.01. The molecule has 1 aliphatic rings. The lowest BCUT2D eigenvalue weighted by Gasteiger charge is -2.11. The van der Waals surface area contributed by atoms with Gasteiger partial charge in [0, 0.05) is 23.5 Å². The van der Waals surface area contributed by atoms with E-state index in [4.69, 9.17) is 4.74 Å². The third kappa shape index (κ3) is 3.69. The topological polar surface area (TPSA) is 67.7 Å². The number of thioether (sulfide) groups is 1. The molecule has 8 heteroatoms. The number of carbonyl (C=O) groups excluding carboxylic acids is 1. The van der Waals surface area contributed by atoms with Crippen molar-refractivity contribution < 1.29 is 9.53 Å². The molecule has 0 radical (unpaired) electrons. The quantitative estimate of drug-likeness (QED) is 0.460. The van der Waals surface area contributed by atoms with E-state index in [1.807, 2.05) is 35.7 Å². The number of pyridine rings is 1. The van der Waals surface area contributed by atoms with Gasteiger partial charge in [-0.1, -0.05) is 12.1 Å². The fraction of sp³-hybridized carbons (Fsp3) is 0.100. The van der Waals surface area contributed by atoms with Gasteiger partial charge in [-0.25, -0.2) is 9.97 Å². The van der Waals surface area contributed by atoms with E-state index in [1.54, 1.807) is 30.4 Å². The molecule has 0 spiro atoms. The van der Waals surface area contributed by atoms with Crippen molar-refractivity contribution in [2.75, 3.05) is 13.7 Å². The number of benzene rings is 1. The van der Waals surface area contributed by atoms with Gasteiger partial charge >= 0.3 is 0 Å². The van der Waals surface area contributed by atoms with Crippen molar-refractivity contribution in [2.45, 2.75) is 0 Å². The Balaban J connectivity index is 1.67. The van der Waals surface area contributed by atoms with Gasteiger partial charge in [-0.15, -0.1) is 17.9 Å². The summed E-state index contributed by atoms with van der Waals surface area (Å²) in [6.45, 7) is 4.12. The normalized spacial score (nSPS) is 17.0. The van der Waals surface area contributed by atoms with E-state index in [2.05, 4.69) is 21.5 Å². The summed E-state index contributed by atoms with van der Waals surface area (Å²) in [6.07, 6.45) is 5.16. The van der Waals surface area contributed by atoms with Crippen LogP contribution in [0.2, 0.25) is 0 Å². The predicted molar refractivity (Wildman–Crippen MR) is 115 cm³/mol. The summed E-state index contributed by atoms with van der Waals surface area (Å²) >= 11 is 2.74. The van der Waals surface area contributed by atoms with Crippen molar-refractivity contribution in [3.8, 4) is 5.75 Å². The highest BCUT2D eigenvalue weighted by Gasteiger charge is 2.32. The number of methoxy groups -OCH3 is 1. The Kier molecular flexibility index (Phi) is 5.23. The van der Waals surface area contributed by atoms with E-state index in [0.717, 1.165) is 16.7 Å². The van der Waals surface area contributed by atoms with Crippen LogP contribution in [0.4, 0.5) is 5.13 Å². The standard InChI is InChI=1S/C20H16N4O2S2/c1-3-9-24-18(25)17(28-20(24)23-19-21-8-10-27-19)12-14-5-4-13-11-15(26-2)6-7-16(13)22-14/h3-8,10-12H,1,9H2,2H3. The van der Waals surface area contributed by atoms with E-state index >= 15 is 0 Å². The molecule has 0 N–H and O–H groups in total. The molecule has 0 saturated carbocycles. The summed E-state index contributed by atoms with van der Waals surface area (Å²) < 4.78 is 5.25. The number of carbonyl (C=O) groups is 1. The number of ether oxygens (including phenoxy) is 1. The summed E-state index contributed by atoms with van der Waals surface area (Å²) in [7, 11) is 1.64. The number of hydrogen-bond acceptors (Lipinski definition) is 7. The number of amidine groups is 1.